The first kappa shape index (κ1) is 51.4. The maximum atomic E-state index is 9.99. The molecule has 526 valence electrons. The van der Waals surface area contributed by atoms with Crippen molar-refractivity contribution >= 4 is 101 Å². The zero-order valence-corrected chi connectivity index (χ0v) is 62.3. The van der Waals surface area contributed by atoms with Crippen molar-refractivity contribution in [3.8, 4) is 44.8 Å². The van der Waals surface area contributed by atoms with Crippen molar-refractivity contribution < 1.29 is 21.9 Å². The van der Waals surface area contributed by atoms with E-state index < -0.39 is 120 Å². The van der Waals surface area contributed by atoms with Crippen molar-refractivity contribution in [2.24, 2.45) is 23.2 Å². The van der Waals surface area contributed by atoms with Gasteiger partial charge >= 0.3 is 0 Å². The number of fused-ring (bicyclic) bond motifs is 10. The fourth-order valence-corrected chi connectivity index (χ4v) is 18.4. The molecule has 0 saturated carbocycles. The Morgan fingerprint density at radius 3 is 1.50 bits per heavy atom. The lowest BCUT2D eigenvalue weighted by molar-refractivity contribution is 0.220. The molecule has 0 amide bonds. The van der Waals surface area contributed by atoms with E-state index in [1.807, 2.05) is 30.3 Å². The summed E-state index contributed by atoms with van der Waals surface area (Å²) in [7, 11) is 0. The van der Waals surface area contributed by atoms with Gasteiger partial charge in [0.25, 0.3) is 6.71 Å². The number of anilines is 5. The van der Waals surface area contributed by atoms with Crippen molar-refractivity contribution in [3.63, 3.8) is 0 Å². The van der Waals surface area contributed by atoms with Gasteiger partial charge in [0, 0.05) is 72.7 Å². The molecule has 0 spiro atoms. The number of allylic oxidation sites excluding steroid dienone is 4. The summed E-state index contributed by atoms with van der Waals surface area (Å²) in [6.45, 7) is 19.9. The highest BCUT2D eigenvalue weighted by Gasteiger charge is 2.51. The Kier molecular flexibility index (Phi) is 12.5. The van der Waals surface area contributed by atoms with Gasteiger partial charge in [0.2, 0.25) is 0 Å². The standard InChI is InChI=1S/C102H95BN4/c1-100(2,3)74-58-83(68-36-18-12-19-37-68)98(85(60-74)72-42-30-40-70(56-72)66-32-14-10-15-33-66)106-93-64-77(104-89-48-26-22-44-79(89)80-45-23-27-49-90(80)104)52-54-87(93)103-88-55-53-78(105-91-50-28-24-46-81(91)82-47-25-29-51-92(82)105)65-94(88)107(96-63-76(102(7,8)9)62-95(106)97(96)103)99-84(69-38-20-13-21-39-69)59-75(101(4,5)6)61-86(99)73-43-31-41-71(57-73)67-34-16-11-17-35-67/h10-12,14-19,22-30,32-38,40-42,44-56,58,60-65,73,75,84,99H,13,20-21,31,39,43,57,59H2,1-9H3/i22D,23D,24D,25D,26D,27D,28D,29D,44D,45D,46D,47D,48D,49D,50D,51D. The van der Waals surface area contributed by atoms with Gasteiger partial charge in [-0.05, 0) is 225 Å². The fraction of sp³-hybridized carbons (Fsp3) is 0.235. The normalized spacial score (nSPS) is 20.2. The number of rotatable bonds is 10. The van der Waals surface area contributed by atoms with Gasteiger partial charge < -0.3 is 18.9 Å². The molecule has 2 aromatic heterocycles. The van der Waals surface area contributed by atoms with E-state index in [-0.39, 0.29) is 66.8 Å². The number of aromatic nitrogens is 2. The first-order chi connectivity index (χ1) is 58.6. The second kappa shape index (κ2) is 26.0. The van der Waals surface area contributed by atoms with Crippen molar-refractivity contribution in [1.29, 1.82) is 0 Å². The maximum Gasteiger partial charge on any atom is 0.252 e. The molecular formula is C102H95BN4. The second-order valence-electron chi connectivity index (χ2n) is 33.4. The van der Waals surface area contributed by atoms with Gasteiger partial charge in [-0.3, -0.25) is 0 Å². The molecule has 0 fully saturated rings. The number of hydrogen-bond donors (Lipinski definition) is 0. The molecule has 4 nitrogen and oxygen atoms in total. The van der Waals surface area contributed by atoms with E-state index >= 15 is 0 Å². The van der Waals surface area contributed by atoms with E-state index in [0.29, 0.717) is 17.1 Å². The molecule has 12 aromatic carbocycles. The third kappa shape index (κ3) is 11.4. The van der Waals surface area contributed by atoms with Gasteiger partial charge in [-0.2, -0.15) is 0 Å². The van der Waals surface area contributed by atoms with Crippen LogP contribution in [-0.4, -0.2) is 21.9 Å². The first-order valence-corrected chi connectivity index (χ1v) is 38.3. The van der Waals surface area contributed by atoms with E-state index in [4.69, 9.17) is 0 Å². The Labute approximate surface area is 655 Å². The summed E-state index contributed by atoms with van der Waals surface area (Å²) < 4.78 is 156. The lowest BCUT2D eigenvalue weighted by atomic mass is 9.33. The molecule has 4 atom stereocenters. The SMILES string of the molecule is [2H]c1c([2H])c([2H])c2c(c1[2H])c1c([2H])c([2H])c([2H])c([2H])c1n2-c1ccc2c(c1)N(c1c(-c3ccccc3)cc(C(C)(C)C)cc1-c1cccc(-c3ccccc3)c1)c1cc(C(C)(C)C)cc3c1B2c1ccc(-n2c4c([2H])c([2H])c([2H])c([2H])c4c4c([2H])c([2H])c([2H])c([2H])c42)cc1N3C1C(C2CCC=C(c3ccccc3)C2)=CC(C(C)(C)C)CC1C1=CCCCC1. The van der Waals surface area contributed by atoms with E-state index in [0.717, 1.165) is 135 Å². The van der Waals surface area contributed by atoms with E-state index in [1.54, 1.807) is 9.13 Å². The Morgan fingerprint density at radius 2 is 0.944 bits per heavy atom. The molecule has 0 bridgehead atoms. The molecule has 107 heavy (non-hydrogen) atoms. The molecule has 4 heterocycles. The molecule has 3 aliphatic carbocycles. The van der Waals surface area contributed by atoms with Crippen LogP contribution in [0.3, 0.4) is 0 Å². The van der Waals surface area contributed by atoms with Gasteiger partial charge in [0.05, 0.1) is 55.7 Å². The first-order valence-electron chi connectivity index (χ1n) is 46.3. The topological polar surface area (TPSA) is 16.3 Å². The zero-order chi connectivity index (χ0) is 86.5. The van der Waals surface area contributed by atoms with Crippen LogP contribution in [-0.2, 0) is 10.8 Å². The van der Waals surface area contributed by atoms with Crippen LogP contribution in [0.1, 0.15) is 152 Å². The number of para-hydroxylation sites is 4. The summed E-state index contributed by atoms with van der Waals surface area (Å²) in [6.07, 6.45) is 14.8. The van der Waals surface area contributed by atoms with Crippen LogP contribution in [0.5, 0.6) is 0 Å². The highest BCUT2D eigenvalue weighted by Crippen LogP contribution is 2.57. The molecule has 5 heteroatoms. The smallest absolute Gasteiger partial charge is 0.252 e. The minimum Gasteiger partial charge on any atom is -0.334 e. The Hall–Kier alpha value is -10.9. The molecule has 19 rings (SSSR count). The minimum atomic E-state index is -0.697. The van der Waals surface area contributed by atoms with Gasteiger partial charge in [-0.1, -0.05) is 280 Å². The van der Waals surface area contributed by atoms with Crippen molar-refractivity contribution in [2.75, 3.05) is 9.80 Å². The summed E-state index contributed by atoms with van der Waals surface area (Å²) in [5.74, 6) is 0.0750. The van der Waals surface area contributed by atoms with Crippen LogP contribution >= 0.6 is 0 Å². The predicted octanol–water partition coefficient (Wildman–Crippen LogP) is 25.6. The quantitative estimate of drug-likeness (QED) is 0.100. The van der Waals surface area contributed by atoms with Crippen molar-refractivity contribution in [2.45, 2.75) is 131 Å². The highest BCUT2D eigenvalue weighted by atomic mass is 15.2. The monoisotopic (exact) mass is 1400 g/mol. The number of benzene rings is 12. The van der Waals surface area contributed by atoms with Gasteiger partial charge in [-0.15, -0.1) is 0 Å². The molecule has 14 aromatic rings. The molecular weight excluding hydrogens is 1290 g/mol. The second-order valence-corrected chi connectivity index (χ2v) is 33.4. The van der Waals surface area contributed by atoms with Crippen LogP contribution in [0.15, 0.2) is 302 Å². The average Bonchev–Trinajstić information content (AvgIpc) is 1.52. The molecule has 0 saturated heterocycles. The molecule has 4 unspecified atom stereocenters. The lowest BCUT2D eigenvalue weighted by Crippen LogP contribution is -2.64. The summed E-state index contributed by atoms with van der Waals surface area (Å²) in [6, 6.07) is 53.9. The van der Waals surface area contributed by atoms with Gasteiger partial charge in [-0.25, -0.2) is 0 Å². The largest absolute Gasteiger partial charge is 0.334 e. The van der Waals surface area contributed by atoms with Gasteiger partial charge in [0.15, 0.2) is 0 Å². The number of nitrogens with zero attached hydrogens (tertiary/aromatic N) is 4. The van der Waals surface area contributed by atoms with E-state index in [9.17, 15) is 21.9 Å². The molecule has 5 aliphatic rings. The van der Waals surface area contributed by atoms with Crippen molar-refractivity contribution in [1.82, 2.24) is 9.13 Å². The third-order valence-electron chi connectivity index (χ3n) is 23.9. The lowest BCUT2D eigenvalue weighted by Gasteiger charge is -2.53. The summed E-state index contributed by atoms with van der Waals surface area (Å²) >= 11 is 0. The van der Waals surface area contributed by atoms with E-state index in [1.165, 1.54) is 22.3 Å². The fourth-order valence-electron chi connectivity index (χ4n) is 18.4. The average molecular weight is 1400 g/mol. The van der Waals surface area contributed by atoms with Crippen LogP contribution < -0.4 is 26.2 Å². The predicted molar refractivity (Wildman–Crippen MR) is 458 cm³/mol. The van der Waals surface area contributed by atoms with Crippen LogP contribution in [0.2, 0.25) is 0 Å². The third-order valence-corrected chi connectivity index (χ3v) is 23.9. The highest BCUT2D eigenvalue weighted by molar-refractivity contribution is 7.00. The zero-order valence-electron chi connectivity index (χ0n) is 78.3. The summed E-state index contributed by atoms with van der Waals surface area (Å²) in [4.78, 5) is 5.10. The summed E-state index contributed by atoms with van der Waals surface area (Å²) in [5.41, 5.74) is 19.1. The number of hydrogen-bond acceptors (Lipinski definition) is 2. The van der Waals surface area contributed by atoms with Crippen LogP contribution in [0.4, 0.5) is 28.4 Å². The Morgan fingerprint density at radius 1 is 0.439 bits per heavy atom. The maximum absolute atomic E-state index is 9.99. The van der Waals surface area contributed by atoms with Crippen LogP contribution in [0.25, 0.3) is 93.9 Å². The van der Waals surface area contributed by atoms with E-state index in [2.05, 4.69) is 236 Å². The Balaban J connectivity index is 1.01. The molecule has 0 N–H and O–H groups in total. The van der Waals surface area contributed by atoms with Crippen molar-refractivity contribution in [3.05, 3.63) is 319 Å². The van der Waals surface area contributed by atoms with Gasteiger partial charge in [0.1, 0.15) is 0 Å². The molecule has 0 radical (unpaired) electrons. The minimum absolute atomic E-state index is 0.00438. The molecule has 2 aliphatic heterocycles. The Bertz CT molecular complexity index is 6790. The van der Waals surface area contributed by atoms with Crippen LogP contribution in [0, 0.1) is 23.2 Å². The summed E-state index contributed by atoms with van der Waals surface area (Å²) in [5, 5.41) is -0.155.